The summed E-state index contributed by atoms with van der Waals surface area (Å²) in [5, 5.41) is 2.79. The van der Waals surface area contributed by atoms with Gasteiger partial charge >= 0.3 is 6.18 Å². The predicted molar refractivity (Wildman–Crippen MR) is 55.1 cm³/mol. The summed E-state index contributed by atoms with van der Waals surface area (Å²) >= 11 is 0. The van der Waals surface area contributed by atoms with E-state index in [0.717, 1.165) is 18.9 Å². The van der Waals surface area contributed by atoms with Crippen LogP contribution in [0.25, 0.3) is 0 Å². The summed E-state index contributed by atoms with van der Waals surface area (Å²) in [5.74, 6) is -0.0666. The van der Waals surface area contributed by atoms with Gasteiger partial charge in [-0.25, -0.2) is 4.98 Å². The number of nitrogens with one attached hydrogen (secondary N) is 1. The summed E-state index contributed by atoms with van der Waals surface area (Å²) in [6.45, 7) is 2.60. The molecule has 1 saturated carbocycles. The molecule has 0 amide bonds. The fourth-order valence-corrected chi connectivity index (χ4v) is 1.46. The van der Waals surface area contributed by atoms with Gasteiger partial charge in [0.25, 0.3) is 0 Å². The molecule has 1 aromatic heterocycles. The Balaban J connectivity index is 2.13. The number of anilines is 1. The van der Waals surface area contributed by atoms with Crippen LogP contribution in [0, 0.1) is 5.41 Å². The maximum Gasteiger partial charge on any atom is 0.419 e. The first-order chi connectivity index (χ1) is 7.41. The van der Waals surface area contributed by atoms with E-state index in [9.17, 15) is 13.2 Å². The molecular formula is C11H13F3N2. The van der Waals surface area contributed by atoms with Crippen molar-refractivity contribution in [3.63, 3.8) is 0 Å². The number of alkyl halides is 3. The van der Waals surface area contributed by atoms with E-state index in [2.05, 4.69) is 17.2 Å². The third kappa shape index (κ3) is 2.46. The highest BCUT2D eigenvalue weighted by Crippen LogP contribution is 2.45. The molecule has 0 unspecified atom stereocenters. The molecule has 0 atom stereocenters. The Hall–Kier alpha value is -1.26. The van der Waals surface area contributed by atoms with Crippen molar-refractivity contribution in [2.75, 3.05) is 11.9 Å². The molecule has 0 spiro atoms. The van der Waals surface area contributed by atoms with Crippen LogP contribution in [0.1, 0.15) is 25.3 Å². The maximum absolute atomic E-state index is 12.6. The van der Waals surface area contributed by atoms with Crippen LogP contribution >= 0.6 is 0 Å². The van der Waals surface area contributed by atoms with Crippen molar-refractivity contribution in [2.24, 2.45) is 5.41 Å². The Morgan fingerprint density at radius 1 is 1.44 bits per heavy atom. The molecule has 0 bridgehead atoms. The van der Waals surface area contributed by atoms with Crippen molar-refractivity contribution in [3.05, 3.63) is 23.9 Å². The summed E-state index contributed by atoms with van der Waals surface area (Å²) in [7, 11) is 0. The number of halogens is 3. The van der Waals surface area contributed by atoms with E-state index in [-0.39, 0.29) is 11.2 Å². The zero-order valence-corrected chi connectivity index (χ0v) is 8.93. The smallest absolute Gasteiger partial charge is 0.369 e. The molecule has 0 saturated heterocycles. The summed E-state index contributed by atoms with van der Waals surface area (Å²) in [5.41, 5.74) is -0.542. The highest BCUT2D eigenvalue weighted by Gasteiger charge is 2.38. The number of pyridine rings is 1. The number of rotatable bonds is 3. The number of hydrogen-bond donors (Lipinski definition) is 1. The van der Waals surface area contributed by atoms with Gasteiger partial charge in [0, 0.05) is 12.7 Å². The van der Waals surface area contributed by atoms with Crippen LogP contribution in [0.4, 0.5) is 19.0 Å². The van der Waals surface area contributed by atoms with Gasteiger partial charge in [-0.15, -0.1) is 0 Å². The molecule has 2 nitrogen and oxygen atoms in total. The quantitative estimate of drug-likeness (QED) is 0.861. The maximum atomic E-state index is 12.6. The molecule has 5 heteroatoms. The minimum atomic E-state index is -4.35. The Bertz CT molecular complexity index is 383. The van der Waals surface area contributed by atoms with Crippen molar-refractivity contribution >= 4 is 5.82 Å². The normalized spacial score (nSPS) is 18.2. The van der Waals surface area contributed by atoms with Crippen molar-refractivity contribution in [1.82, 2.24) is 4.98 Å². The summed E-state index contributed by atoms with van der Waals surface area (Å²) in [6, 6.07) is 2.34. The van der Waals surface area contributed by atoms with Crippen LogP contribution < -0.4 is 5.32 Å². The van der Waals surface area contributed by atoms with E-state index in [1.807, 2.05) is 0 Å². The van der Waals surface area contributed by atoms with Gasteiger partial charge in [0.05, 0.1) is 5.56 Å². The van der Waals surface area contributed by atoms with Crippen molar-refractivity contribution in [2.45, 2.75) is 25.9 Å². The monoisotopic (exact) mass is 230 g/mol. The SMILES string of the molecule is CC1(CNc2ncccc2C(F)(F)F)CC1. The van der Waals surface area contributed by atoms with Crippen molar-refractivity contribution in [1.29, 1.82) is 0 Å². The van der Waals surface area contributed by atoms with Crippen LogP contribution in [-0.4, -0.2) is 11.5 Å². The first-order valence-corrected chi connectivity index (χ1v) is 5.17. The second-order valence-electron chi connectivity index (χ2n) is 4.56. The lowest BCUT2D eigenvalue weighted by molar-refractivity contribution is -0.137. The zero-order valence-electron chi connectivity index (χ0n) is 8.93. The predicted octanol–water partition coefficient (Wildman–Crippen LogP) is 3.31. The summed E-state index contributed by atoms with van der Waals surface area (Å²) in [6.07, 6.45) is -0.851. The van der Waals surface area contributed by atoms with E-state index in [0.29, 0.717) is 6.54 Å². The molecule has 2 rings (SSSR count). The molecule has 1 aliphatic rings. The van der Waals surface area contributed by atoms with Gasteiger partial charge in [-0.2, -0.15) is 13.2 Å². The van der Waals surface area contributed by atoms with E-state index in [4.69, 9.17) is 0 Å². The van der Waals surface area contributed by atoms with Gasteiger partial charge in [0.2, 0.25) is 0 Å². The van der Waals surface area contributed by atoms with Gasteiger partial charge in [0.1, 0.15) is 5.82 Å². The fraction of sp³-hybridized carbons (Fsp3) is 0.545. The lowest BCUT2D eigenvalue weighted by atomic mass is 10.1. The third-order valence-corrected chi connectivity index (χ3v) is 2.90. The first-order valence-electron chi connectivity index (χ1n) is 5.17. The van der Waals surface area contributed by atoms with Crippen molar-refractivity contribution < 1.29 is 13.2 Å². The van der Waals surface area contributed by atoms with Crippen LogP contribution in [0.2, 0.25) is 0 Å². The Labute approximate surface area is 91.9 Å². The largest absolute Gasteiger partial charge is 0.419 e. The Morgan fingerprint density at radius 3 is 2.69 bits per heavy atom. The zero-order chi connectivity index (χ0) is 11.8. The van der Waals surface area contributed by atoms with Gasteiger partial charge in [-0.05, 0) is 30.4 Å². The second-order valence-corrected chi connectivity index (χ2v) is 4.56. The molecule has 0 aliphatic heterocycles. The molecule has 1 aliphatic carbocycles. The average Bonchev–Trinajstić information content (AvgIpc) is 2.94. The minimum Gasteiger partial charge on any atom is -0.369 e. The number of aromatic nitrogens is 1. The lowest BCUT2D eigenvalue weighted by Gasteiger charge is -2.15. The Kier molecular flexibility index (Phi) is 2.56. The van der Waals surface area contributed by atoms with E-state index in [1.54, 1.807) is 0 Å². The first kappa shape index (κ1) is 11.2. The minimum absolute atomic E-state index is 0.0666. The second kappa shape index (κ2) is 3.64. The van der Waals surface area contributed by atoms with Crippen molar-refractivity contribution in [3.8, 4) is 0 Å². The van der Waals surface area contributed by atoms with E-state index >= 15 is 0 Å². The molecule has 1 heterocycles. The lowest BCUT2D eigenvalue weighted by Crippen LogP contribution is -2.17. The number of hydrogen-bond acceptors (Lipinski definition) is 2. The van der Waals surface area contributed by atoms with Gasteiger partial charge in [-0.3, -0.25) is 0 Å². The molecule has 0 radical (unpaired) electrons. The average molecular weight is 230 g/mol. The standard InChI is InChI=1S/C11H13F3N2/c1-10(4-5-10)7-16-9-8(11(12,13)14)3-2-6-15-9/h2-3,6H,4-5,7H2,1H3,(H,15,16). The highest BCUT2D eigenvalue weighted by atomic mass is 19.4. The highest BCUT2D eigenvalue weighted by molar-refractivity contribution is 5.45. The molecule has 0 aromatic carbocycles. The van der Waals surface area contributed by atoms with Gasteiger partial charge in [-0.1, -0.05) is 6.92 Å². The van der Waals surface area contributed by atoms with Gasteiger partial charge in [0.15, 0.2) is 0 Å². The fourth-order valence-electron chi connectivity index (χ4n) is 1.46. The molecule has 1 fully saturated rings. The van der Waals surface area contributed by atoms with Crippen LogP contribution in [0.5, 0.6) is 0 Å². The molecule has 16 heavy (non-hydrogen) atoms. The van der Waals surface area contributed by atoms with Crippen LogP contribution in [0.15, 0.2) is 18.3 Å². The van der Waals surface area contributed by atoms with E-state index < -0.39 is 11.7 Å². The molecule has 88 valence electrons. The molecular weight excluding hydrogens is 217 g/mol. The molecule has 1 aromatic rings. The van der Waals surface area contributed by atoms with E-state index in [1.165, 1.54) is 12.3 Å². The molecule has 1 N–H and O–H groups in total. The third-order valence-electron chi connectivity index (χ3n) is 2.90. The van der Waals surface area contributed by atoms with Gasteiger partial charge < -0.3 is 5.32 Å². The van der Waals surface area contributed by atoms with Crippen LogP contribution in [-0.2, 0) is 6.18 Å². The summed E-state index contributed by atoms with van der Waals surface area (Å²) in [4.78, 5) is 3.74. The summed E-state index contributed by atoms with van der Waals surface area (Å²) < 4.78 is 37.8. The number of nitrogens with zero attached hydrogens (tertiary/aromatic N) is 1. The Morgan fingerprint density at radius 2 is 2.12 bits per heavy atom. The van der Waals surface area contributed by atoms with Crippen LogP contribution in [0.3, 0.4) is 0 Å². The topological polar surface area (TPSA) is 24.9 Å².